The van der Waals surface area contributed by atoms with E-state index in [1.54, 1.807) is 24.3 Å². The summed E-state index contributed by atoms with van der Waals surface area (Å²) in [6.07, 6.45) is 0. The molecule has 0 bridgehead atoms. The van der Waals surface area contributed by atoms with E-state index in [9.17, 15) is 14.0 Å². The van der Waals surface area contributed by atoms with Crippen molar-refractivity contribution in [2.24, 2.45) is 0 Å². The van der Waals surface area contributed by atoms with Gasteiger partial charge in [-0.25, -0.2) is 4.39 Å². The van der Waals surface area contributed by atoms with Gasteiger partial charge in [-0.2, -0.15) is 0 Å². The number of Topliss-reactive ketones (excluding diaryl/α,β-unsaturated/α-hetero) is 1. The monoisotopic (exact) mass is 430 g/mol. The molecule has 166 valence electrons. The van der Waals surface area contributed by atoms with E-state index in [-0.39, 0.29) is 30.2 Å². The molecule has 1 amide bonds. The van der Waals surface area contributed by atoms with Crippen LogP contribution >= 0.6 is 0 Å². The third-order valence-corrected chi connectivity index (χ3v) is 5.14. The molecule has 1 aliphatic heterocycles. The molecule has 2 aromatic rings. The van der Waals surface area contributed by atoms with Crippen LogP contribution in [0.5, 0.6) is 11.5 Å². The van der Waals surface area contributed by atoms with Gasteiger partial charge in [0.25, 0.3) is 5.91 Å². The van der Waals surface area contributed by atoms with Crippen molar-refractivity contribution >= 4 is 11.7 Å². The number of ketones is 1. The van der Waals surface area contributed by atoms with E-state index in [2.05, 4.69) is 10.2 Å². The Kier molecular flexibility index (Phi) is 7.97. The van der Waals surface area contributed by atoms with Gasteiger partial charge >= 0.3 is 0 Å². The van der Waals surface area contributed by atoms with Crippen molar-refractivity contribution in [1.82, 2.24) is 10.2 Å². The number of methoxy groups -OCH3 is 1. The van der Waals surface area contributed by atoms with Crippen LogP contribution in [0.15, 0.2) is 42.5 Å². The molecule has 0 spiro atoms. The molecule has 0 aliphatic carbocycles. The van der Waals surface area contributed by atoms with Gasteiger partial charge in [0.05, 0.1) is 26.4 Å². The average molecular weight is 430 g/mol. The van der Waals surface area contributed by atoms with Crippen LogP contribution in [0.1, 0.15) is 28.9 Å². The highest BCUT2D eigenvalue weighted by molar-refractivity contribution is 5.94. The fourth-order valence-corrected chi connectivity index (χ4v) is 3.47. The van der Waals surface area contributed by atoms with Crippen LogP contribution in [-0.4, -0.2) is 63.2 Å². The van der Waals surface area contributed by atoms with E-state index >= 15 is 0 Å². The van der Waals surface area contributed by atoms with Gasteiger partial charge < -0.3 is 19.5 Å². The quantitative estimate of drug-likeness (QED) is 0.617. The normalized spacial score (nSPS) is 15.2. The first kappa shape index (κ1) is 22.7. The lowest BCUT2D eigenvalue weighted by atomic mass is 10.0. The largest absolute Gasteiger partial charge is 0.493 e. The number of rotatable bonds is 9. The van der Waals surface area contributed by atoms with Crippen molar-refractivity contribution in [1.29, 1.82) is 0 Å². The number of hydrogen-bond acceptors (Lipinski definition) is 6. The lowest BCUT2D eigenvalue weighted by molar-refractivity contribution is -0.123. The zero-order chi connectivity index (χ0) is 22.2. The Morgan fingerprint density at radius 3 is 2.61 bits per heavy atom. The standard InChI is InChI=1S/C23H27FN2O5/c1-16(27)17-6-7-21(22(13-17)29-2)31-15-23(28)25-14-20(26-8-10-30-11-9-26)18-4-3-5-19(24)12-18/h3-7,12-13,20H,8-11,14-15H2,1-2H3,(H,25,28). The molecule has 7 nitrogen and oxygen atoms in total. The van der Waals surface area contributed by atoms with Crippen molar-refractivity contribution < 1.29 is 28.2 Å². The third kappa shape index (κ3) is 6.26. The molecule has 0 radical (unpaired) electrons. The number of halogens is 1. The molecule has 1 unspecified atom stereocenters. The second kappa shape index (κ2) is 10.9. The molecule has 3 rings (SSSR count). The SMILES string of the molecule is COc1cc(C(C)=O)ccc1OCC(=O)NCC(c1cccc(F)c1)N1CCOCC1. The Hall–Kier alpha value is -2.97. The molecule has 1 atom stereocenters. The molecule has 2 aromatic carbocycles. The molecule has 31 heavy (non-hydrogen) atoms. The van der Waals surface area contributed by atoms with Crippen LogP contribution in [0.4, 0.5) is 4.39 Å². The van der Waals surface area contributed by atoms with E-state index in [0.717, 1.165) is 5.56 Å². The first-order valence-corrected chi connectivity index (χ1v) is 10.1. The number of nitrogens with one attached hydrogen (secondary N) is 1. The number of hydrogen-bond donors (Lipinski definition) is 1. The van der Waals surface area contributed by atoms with Gasteiger partial charge in [-0.15, -0.1) is 0 Å². The molecule has 1 N–H and O–H groups in total. The van der Waals surface area contributed by atoms with E-state index in [1.165, 1.54) is 26.2 Å². The summed E-state index contributed by atoms with van der Waals surface area (Å²) < 4.78 is 30.0. The van der Waals surface area contributed by atoms with E-state index < -0.39 is 0 Å². The maximum Gasteiger partial charge on any atom is 0.258 e. The Balaban J connectivity index is 1.61. The number of carbonyl (C=O) groups is 2. The first-order chi connectivity index (χ1) is 15.0. The van der Waals surface area contributed by atoms with Gasteiger partial charge in [0.15, 0.2) is 23.9 Å². The summed E-state index contributed by atoms with van der Waals surface area (Å²) in [4.78, 5) is 26.1. The summed E-state index contributed by atoms with van der Waals surface area (Å²) in [5.41, 5.74) is 1.29. The Labute approximate surface area is 181 Å². The fraction of sp³-hybridized carbons (Fsp3) is 0.391. The predicted molar refractivity (Wildman–Crippen MR) is 113 cm³/mol. The maximum absolute atomic E-state index is 13.8. The molecule has 8 heteroatoms. The van der Waals surface area contributed by atoms with Gasteiger partial charge in [0.2, 0.25) is 0 Å². The van der Waals surface area contributed by atoms with Gasteiger partial charge in [-0.05, 0) is 42.8 Å². The smallest absolute Gasteiger partial charge is 0.258 e. The summed E-state index contributed by atoms with van der Waals surface area (Å²) in [5.74, 6) is 0.0388. The van der Waals surface area contributed by atoms with Gasteiger partial charge in [-0.1, -0.05) is 12.1 Å². The van der Waals surface area contributed by atoms with E-state index in [0.29, 0.717) is 49.9 Å². The summed E-state index contributed by atoms with van der Waals surface area (Å²) in [7, 11) is 1.47. The number of amides is 1. The van der Waals surface area contributed by atoms with Crippen LogP contribution in [-0.2, 0) is 9.53 Å². The highest BCUT2D eigenvalue weighted by Gasteiger charge is 2.23. The minimum atomic E-state index is -0.313. The van der Waals surface area contributed by atoms with Gasteiger partial charge in [-0.3, -0.25) is 14.5 Å². The van der Waals surface area contributed by atoms with Crippen molar-refractivity contribution in [3.63, 3.8) is 0 Å². The summed E-state index contributed by atoms with van der Waals surface area (Å²) in [6.45, 7) is 4.16. The second-order valence-corrected chi connectivity index (χ2v) is 7.23. The second-order valence-electron chi connectivity index (χ2n) is 7.23. The number of ether oxygens (including phenoxy) is 3. The van der Waals surface area contributed by atoms with Crippen LogP contribution in [0.3, 0.4) is 0 Å². The van der Waals surface area contributed by atoms with Crippen LogP contribution in [0, 0.1) is 5.82 Å². The molecule has 1 aliphatic rings. The molecule has 1 fully saturated rings. The minimum Gasteiger partial charge on any atom is -0.493 e. The Bertz CT molecular complexity index is 915. The number of benzene rings is 2. The molecule has 1 heterocycles. The topological polar surface area (TPSA) is 77.1 Å². The summed E-state index contributed by atoms with van der Waals surface area (Å²) in [6, 6.07) is 11.0. The van der Waals surface area contributed by atoms with Crippen molar-refractivity contribution in [3.8, 4) is 11.5 Å². The predicted octanol–water partition coefficient (Wildman–Crippen LogP) is 2.61. The molecule has 1 saturated heterocycles. The molecular formula is C23H27FN2O5. The Morgan fingerprint density at radius 2 is 1.94 bits per heavy atom. The Morgan fingerprint density at radius 1 is 1.16 bits per heavy atom. The summed E-state index contributed by atoms with van der Waals surface area (Å²) in [5, 5.41) is 2.87. The van der Waals surface area contributed by atoms with Gasteiger partial charge in [0.1, 0.15) is 5.82 Å². The van der Waals surface area contributed by atoms with Gasteiger partial charge in [0, 0.05) is 25.2 Å². The zero-order valence-electron chi connectivity index (χ0n) is 17.7. The van der Waals surface area contributed by atoms with Crippen molar-refractivity contribution in [2.45, 2.75) is 13.0 Å². The average Bonchev–Trinajstić information content (AvgIpc) is 2.78. The lowest BCUT2D eigenvalue weighted by Crippen LogP contribution is -2.44. The first-order valence-electron chi connectivity index (χ1n) is 10.1. The summed E-state index contributed by atoms with van der Waals surface area (Å²) >= 11 is 0. The molecule has 0 saturated carbocycles. The molecule has 0 aromatic heterocycles. The van der Waals surface area contributed by atoms with Crippen LogP contribution in [0.25, 0.3) is 0 Å². The third-order valence-electron chi connectivity index (χ3n) is 5.14. The molecular weight excluding hydrogens is 403 g/mol. The maximum atomic E-state index is 13.8. The van der Waals surface area contributed by atoms with E-state index in [1.807, 2.05) is 6.07 Å². The fourth-order valence-electron chi connectivity index (χ4n) is 3.47. The highest BCUT2D eigenvalue weighted by atomic mass is 19.1. The zero-order valence-corrected chi connectivity index (χ0v) is 17.7. The van der Waals surface area contributed by atoms with E-state index in [4.69, 9.17) is 14.2 Å². The minimum absolute atomic E-state index is 0.0888. The van der Waals surface area contributed by atoms with Crippen molar-refractivity contribution in [2.75, 3.05) is 46.6 Å². The van der Waals surface area contributed by atoms with Crippen LogP contribution in [0.2, 0.25) is 0 Å². The lowest BCUT2D eigenvalue weighted by Gasteiger charge is -2.35. The van der Waals surface area contributed by atoms with Crippen molar-refractivity contribution in [3.05, 3.63) is 59.4 Å². The number of nitrogens with zero attached hydrogens (tertiary/aromatic N) is 1. The highest BCUT2D eigenvalue weighted by Crippen LogP contribution is 2.28. The number of carbonyl (C=O) groups excluding carboxylic acids is 2. The van der Waals surface area contributed by atoms with Crippen LogP contribution < -0.4 is 14.8 Å². The number of morpholine rings is 1.